The fraction of sp³-hybridized carbons (Fsp3) is 0.571. The summed E-state index contributed by atoms with van der Waals surface area (Å²) >= 11 is 3.41. The van der Waals surface area contributed by atoms with Crippen LogP contribution >= 0.6 is 15.9 Å². The Hall–Kier alpha value is -1.30. The summed E-state index contributed by atoms with van der Waals surface area (Å²) < 4.78 is 44.0. The molecule has 0 saturated carbocycles. The predicted octanol–water partition coefficient (Wildman–Crippen LogP) is 1.79. The number of aliphatic hydroxyl groups excluding tert-OH is 2. The van der Waals surface area contributed by atoms with Gasteiger partial charge in [0.1, 0.15) is 12.2 Å². The van der Waals surface area contributed by atoms with E-state index in [1.165, 1.54) is 6.08 Å². The number of carbonyl (C=O) groups excluding carboxylic acids is 1. The van der Waals surface area contributed by atoms with Crippen molar-refractivity contribution in [1.82, 2.24) is 0 Å². The Balaban J connectivity index is 1.95. The van der Waals surface area contributed by atoms with E-state index in [0.29, 0.717) is 10.0 Å². The lowest BCUT2D eigenvalue weighted by Crippen LogP contribution is -2.41. The SMILES string of the molecule is CCOC(=O)C1=CC2(CC[C@H]1S(=O)(=O)Cc1ccc(C)cc1Br)O[C@H](CO)[C@@H](CO)O2. The molecule has 172 valence electrons. The van der Waals surface area contributed by atoms with Gasteiger partial charge in [-0.3, -0.25) is 0 Å². The zero-order chi connectivity index (χ0) is 22.8. The first-order valence-corrected chi connectivity index (χ1v) is 12.6. The molecule has 1 fully saturated rings. The highest BCUT2D eigenvalue weighted by atomic mass is 79.9. The molecule has 0 unspecified atom stereocenters. The van der Waals surface area contributed by atoms with E-state index in [0.717, 1.165) is 5.56 Å². The van der Waals surface area contributed by atoms with Gasteiger partial charge in [-0.1, -0.05) is 28.1 Å². The summed E-state index contributed by atoms with van der Waals surface area (Å²) in [6.45, 7) is 2.87. The van der Waals surface area contributed by atoms with E-state index < -0.39 is 39.1 Å². The number of halogens is 1. The number of hydrogen-bond donors (Lipinski definition) is 2. The lowest BCUT2D eigenvalue weighted by molar-refractivity contribution is -0.154. The molecule has 1 aliphatic heterocycles. The van der Waals surface area contributed by atoms with Crippen LogP contribution in [-0.4, -0.2) is 67.7 Å². The topological polar surface area (TPSA) is 119 Å². The second-order valence-electron chi connectivity index (χ2n) is 7.74. The molecule has 0 aromatic heterocycles. The molecule has 1 heterocycles. The fourth-order valence-electron chi connectivity index (χ4n) is 3.94. The molecule has 3 atom stereocenters. The standard InChI is InChI=1S/C21H27BrO8S/c1-3-28-20(25)15-9-21(29-17(10-23)18(11-24)30-21)7-6-19(15)31(26,27)12-14-5-4-13(2)8-16(14)22/h4-5,8-9,17-19,23-24H,3,6-7,10-12H2,1-2H3/t17-,18-,19-/m1/s1. The maximum Gasteiger partial charge on any atom is 0.335 e. The van der Waals surface area contributed by atoms with Gasteiger partial charge in [0, 0.05) is 10.9 Å². The van der Waals surface area contributed by atoms with Crippen molar-refractivity contribution in [3.05, 3.63) is 45.4 Å². The normalized spacial score (nSPS) is 25.5. The van der Waals surface area contributed by atoms with Gasteiger partial charge < -0.3 is 24.4 Å². The van der Waals surface area contributed by atoms with Gasteiger partial charge in [0.2, 0.25) is 0 Å². The van der Waals surface area contributed by atoms with Gasteiger partial charge in [0.25, 0.3) is 0 Å². The molecule has 0 amide bonds. The molecule has 1 saturated heterocycles. The maximum absolute atomic E-state index is 13.3. The summed E-state index contributed by atoms with van der Waals surface area (Å²) in [6.07, 6.45) is 0.0242. The number of carbonyl (C=O) groups is 1. The van der Waals surface area contributed by atoms with E-state index in [2.05, 4.69) is 15.9 Å². The van der Waals surface area contributed by atoms with Crippen molar-refractivity contribution < 1.29 is 37.6 Å². The van der Waals surface area contributed by atoms with Crippen LogP contribution in [-0.2, 0) is 34.6 Å². The van der Waals surface area contributed by atoms with Crippen LogP contribution in [0.25, 0.3) is 0 Å². The maximum atomic E-state index is 13.3. The van der Waals surface area contributed by atoms with Crippen LogP contribution in [0.2, 0.25) is 0 Å². The first-order chi connectivity index (χ1) is 14.6. The lowest BCUT2D eigenvalue weighted by atomic mass is 9.94. The number of aryl methyl sites for hydroxylation is 1. The molecule has 1 aromatic rings. The molecule has 0 bridgehead atoms. The second kappa shape index (κ2) is 9.68. The predicted molar refractivity (Wildman–Crippen MR) is 116 cm³/mol. The van der Waals surface area contributed by atoms with Crippen molar-refractivity contribution in [2.75, 3.05) is 19.8 Å². The Morgan fingerprint density at radius 1 is 1.26 bits per heavy atom. The third-order valence-corrected chi connectivity index (χ3v) is 8.27. The van der Waals surface area contributed by atoms with Crippen LogP contribution < -0.4 is 0 Å². The lowest BCUT2D eigenvalue weighted by Gasteiger charge is -2.33. The van der Waals surface area contributed by atoms with Crippen molar-refractivity contribution in [1.29, 1.82) is 0 Å². The van der Waals surface area contributed by atoms with Crippen molar-refractivity contribution in [2.45, 2.75) is 55.7 Å². The smallest absolute Gasteiger partial charge is 0.335 e. The summed E-state index contributed by atoms with van der Waals surface area (Å²) in [5.74, 6) is -2.39. The van der Waals surface area contributed by atoms with Crippen molar-refractivity contribution in [3.63, 3.8) is 0 Å². The van der Waals surface area contributed by atoms with E-state index in [-0.39, 0.29) is 44.0 Å². The summed E-state index contributed by atoms with van der Waals surface area (Å²) in [5.41, 5.74) is 1.54. The van der Waals surface area contributed by atoms with Crippen molar-refractivity contribution in [2.24, 2.45) is 0 Å². The molecule has 8 nitrogen and oxygen atoms in total. The van der Waals surface area contributed by atoms with E-state index in [9.17, 15) is 23.4 Å². The average molecular weight is 519 g/mol. The van der Waals surface area contributed by atoms with Crippen LogP contribution in [0.4, 0.5) is 0 Å². The van der Waals surface area contributed by atoms with Crippen LogP contribution in [0.1, 0.15) is 30.9 Å². The Labute approximate surface area is 190 Å². The highest BCUT2D eigenvalue weighted by Crippen LogP contribution is 2.41. The largest absolute Gasteiger partial charge is 0.463 e. The molecular weight excluding hydrogens is 492 g/mol. The van der Waals surface area contributed by atoms with Gasteiger partial charge in [-0.25, -0.2) is 13.2 Å². The van der Waals surface area contributed by atoms with Crippen LogP contribution in [0.3, 0.4) is 0 Å². The van der Waals surface area contributed by atoms with Gasteiger partial charge >= 0.3 is 5.97 Å². The fourth-order valence-corrected chi connectivity index (χ4v) is 6.68. The molecule has 1 aliphatic carbocycles. The highest BCUT2D eigenvalue weighted by molar-refractivity contribution is 9.10. The highest BCUT2D eigenvalue weighted by Gasteiger charge is 2.51. The zero-order valence-electron chi connectivity index (χ0n) is 17.4. The third kappa shape index (κ3) is 5.20. The number of hydrogen-bond acceptors (Lipinski definition) is 8. The first-order valence-electron chi connectivity index (χ1n) is 10.1. The Morgan fingerprint density at radius 2 is 1.90 bits per heavy atom. The molecule has 1 aromatic carbocycles. The number of aliphatic hydroxyl groups is 2. The molecule has 2 aliphatic rings. The summed E-state index contributed by atoms with van der Waals surface area (Å²) in [7, 11) is -3.78. The number of sulfone groups is 1. The molecule has 31 heavy (non-hydrogen) atoms. The van der Waals surface area contributed by atoms with Gasteiger partial charge in [-0.05, 0) is 43.5 Å². The monoisotopic (exact) mass is 518 g/mol. The van der Waals surface area contributed by atoms with Gasteiger partial charge in [-0.2, -0.15) is 0 Å². The molecule has 3 rings (SSSR count). The quantitative estimate of drug-likeness (QED) is 0.524. The van der Waals surface area contributed by atoms with E-state index in [1.54, 1.807) is 13.0 Å². The van der Waals surface area contributed by atoms with Crippen LogP contribution in [0, 0.1) is 6.92 Å². The number of ether oxygens (including phenoxy) is 3. The minimum absolute atomic E-state index is 0.0494. The summed E-state index contributed by atoms with van der Waals surface area (Å²) in [5, 5.41) is 17.9. The minimum Gasteiger partial charge on any atom is -0.463 e. The van der Waals surface area contributed by atoms with E-state index in [1.807, 2.05) is 19.1 Å². The van der Waals surface area contributed by atoms with E-state index in [4.69, 9.17) is 14.2 Å². The van der Waals surface area contributed by atoms with E-state index >= 15 is 0 Å². The molecule has 0 radical (unpaired) electrons. The number of benzene rings is 1. The van der Waals surface area contributed by atoms with Gasteiger partial charge in [0.05, 0.1) is 36.4 Å². The molecule has 10 heteroatoms. The van der Waals surface area contributed by atoms with Crippen LogP contribution in [0.5, 0.6) is 0 Å². The Morgan fingerprint density at radius 3 is 2.45 bits per heavy atom. The second-order valence-corrected chi connectivity index (χ2v) is 10.8. The number of esters is 1. The van der Waals surface area contributed by atoms with Gasteiger partial charge in [-0.15, -0.1) is 0 Å². The molecule has 2 N–H and O–H groups in total. The molecule has 1 spiro atoms. The van der Waals surface area contributed by atoms with Crippen LogP contribution in [0.15, 0.2) is 34.3 Å². The summed E-state index contributed by atoms with van der Waals surface area (Å²) in [6, 6.07) is 5.42. The number of rotatable bonds is 7. The molecular formula is C21H27BrO8S. The third-order valence-electron chi connectivity index (χ3n) is 5.46. The zero-order valence-corrected chi connectivity index (χ0v) is 19.8. The average Bonchev–Trinajstić information content (AvgIpc) is 3.07. The first kappa shape index (κ1) is 24.3. The minimum atomic E-state index is -3.78. The van der Waals surface area contributed by atoms with Gasteiger partial charge in [0.15, 0.2) is 15.6 Å². The summed E-state index contributed by atoms with van der Waals surface area (Å²) in [4.78, 5) is 12.7. The van der Waals surface area contributed by atoms with Crippen molar-refractivity contribution >= 4 is 31.7 Å². The Kier molecular flexibility index (Phi) is 7.60. The Bertz CT molecular complexity index is 946. The van der Waals surface area contributed by atoms with Crippen molar-refractivity contribution in [3.8, 4) is 0 Å².